The van der Waals surface area contributed by atoms with Crippen LogP contribution < -0.4 is 14.8 Å². The van der Waals surface area contributed by atoms with Gasteiger partial charge in [-0.05, 0) is 12.1 Å². The lowest BCUT2D eigenvalue weighted by Gasteiger charge is -2.09. The number of hydrogen-bond acceptors (Lipinski definition) is 4. The minimum Gasteiger partial charge on any atom is -0.496 e. The predicted molar refractivity (Wildman–Crippen MR) is 52.4 cm³/mol. The molecule has 0 saturated carbocycles. The first-order chi connectivity index (χ1) is 6.77. The summed E-state index contributed by atoms with van der Waals surface area (Å²) in [4.78, 5) is 11.5. The summed E-state index contributed by atoms with van der Waals surface area (Å²) in [7, 11) is 3.13. The minimum atomic E-state index is 0.0377. The van der Waals surface area contributed by atoms with Gasteiger partial charge in [-0.15, -0.1) is 0 Å². The lowest BCUT2D eigenvalue weighted by molar-refractivity contribution is 0.101. The van der Waals surface area contributed by atoms with E-state index in [1.807, 2.05) is 0 Å². The van der Waals surface area contributed by atoms with Gasteiger partial charge in [0.2, 0.25) is 0 Å². The monoisotopic (exact) mass is 193 g/mol. The molecule has 0 spiro atoms. The number of methoxy groups -OCH3 is 2. The van der Waals surface area contributed by atoms with Crippen LogP contribution in [0.2, 0.25) is 0 Å². The lowest BCUT2D eigenvalue weighted by atomic mass is 10.1. The third kappa shape index (κ3) is 1.11. The smallest absolute Gasteiger partial charge is 0.187 e. The molecule has 4 nitrogen and oxygen atoms in total. The van der Waals surface area contributed by atoms with Gasteiger partial charge < -0.3 is 14.8 Å². The Kier molecular flexibility index (Phi) is 2.04. The van der Waals surface area contributed by atoms with Crippen molar-refractivity contribution in [3.05, 3.63) is 17.7 Å². The summed E-state index contributed by atoms with van der Waals surface area (Å²) in [5.41, 5.74) is 1.32. The summed E-state index contributed by atoms with van der Waals surface area (Å²) in [6.45, 7) is 0.312. The molecule has 74 valence electrons. The molecule has 0 fully saturated rings. The maximum absolute atomic E-state index is 11.5. The number of fused-ring (bicyclic) bond motifs is 1. The Morgan fingerprint density at radius 3 is 2.50 bits per heavy atom. The van der Waals surface area contributed by atoms with E-state index in [-0.39, 0.29) is 5.78 Å². The van der Waals surface area contributed by atoms with Crippen LogP contribution >= 0.6 is 0 Å². The molecule has 0 unspecified atom stereocenters. The fourth-order valence-electron chi connectivity index (χ4n) is 1.61. The second kappa shape index (κ2) is 3.21. The van der Waals surface area contributed by atoms with E-state index in [1.54, 1.807) is 26.4 Å². The van der Waals surface area contributed by atoms with Crippen molar-refractivity contribution >= 4 is 11.5 Å². The van der Waals surface area contributed by atoms with Crippen LogP contribution in [0.25, 0.3) is 0 Å². The summed E-state index contributed by atoms with van der Waals surface area (Å²) in [6, 6.07) is 3.52. The fourth-order valence-corrected chi connectivity index (χ4v) is 1.61. The molecule has 0 saturated heterocycles. The molecule has 0 radical (unpaired) electrons. The Labute approximate surface area is 81.8 Å². The molecule has 14 heavy (non-hydrogen) atoms. The van der Waals surface area contributed by atoms with E-state index in [0.717, 1.165) is 5.69 Å². The number of carbonyl (C=O) groups excluding carboxylic acids is 1. The molecular formula is C10H11NO3. The summed E-state index contributed by atoms with van der Waals surface area (Å²) >= 11 is 0. The highest BCUT2D eigenvalue weighted by atomic mass is 16.5. The third-order valence-corrected chi connectivity index (χ3v) is 2.27. The largest absolute Gasteiger partial charge is 0.496 e. The number of ether oxygens (including phenoxy) is 2. The zero-order valence-electron chi connectivity index (χ0n) is 8.09. The van der Waals surface area contributed by atoms with E-state index in [2.05, 4.69) is 5.32 Å². The van der Waals surface area contributed by atoms with E-state index < -0.39 is 0 Å². The van der Waals surface area contributed by atoms with Gasteiger partial charge in [0.1, 0.15) is 11.5 Å². The highest BCUT2D eigenvalue weighted by Gasteiger charge is 2.26. The Hall–Kier alpha value is -1.71. The summed E-state index contributed by atoms with van der Waals surface area (Å²) < 4.78 is 10.2. The van der Waals surface area contributed by atoms with Gasteiger partial charge in [-0.3, -0.25) is 4.79 Å². The van der Waals surface area contributed by atoms with Gasteiger partial charge in [-0.2, -0.15) is 0 Å². The van der Waals surface area contributed by atoms with Crippen molar-refractivity contribution < 1.29 is 14.3 Å². The van der Waals surface area contributed by atoms with Crippen LogP contribution in [-0.2, 0) is 0 Å². The van der Waals surface area contributed by atoms with Gasteiger partial charge in [0.15, 0.2) is 5.78 Å². The van der Waals surface area contributed by atoms with Crippen LogP contribution in [0, 0.1) is 0 Å². The zero-order valence-corrected chi connectivity index (χ0v) is 8.09. The van der Waals surface area contributed by atoms with E-state index >= 15 is 0 Å². The quantitative estimate of drug-likeness (QED) is 0.769. The molecule has 0 aliphatic carbocycles. The van der Waals surface area contributed by atoms with Crippen molar-refractivity contribution in [3.63, 3.8) is 0 Å². The molecule has 0 bridgehead atoms. The predicted octanol–water partition coefficient (Wildman–Crippen LogP) is 1.31. The van der Waals surface area contributed by atoms with Gasteiger partial charge >= 0.3 is 0 Å². The van der Waals surface area contributed by atoms with Crippen LogP contribution in [0.1, 0.15) is 10.4 Å². The lowest BCUT2D eigenvalue weighted by Crippen LogP contribution is -2.01. The summed E-state index contributed by atoms with van der Waals surface area (Å²) in [5, 5.41) is 2.99. The maximum Gasteiger partial charge on any atom is 0.187 e. The van der Waals surface area contributed by atoms with Crippen LogP contribution in [0.15, 0.2) is 12.1 Å². The SMILES string of the molecule is COc1ccc(OC)c2c1NCC2=O. The Morgan fingerprint density at radius 2 is 1.86 bits per heavy atom. The molecule has 1 aliphatic heterocycles. The van der Waals surface area contributed by atoms with Crippen molar-refractivity contribution in [2.24, 2.45) is 0 Å². The molecule has 0 aromatic heterocycles. The number of carbonyl (C=O) groups is 1. The molecule has 0 amide bonds. The maximum atomic E-state index is 11.5. The highest BCUT2D eigenvalue weighted by Crippen LogP contribution is 2.38. The molecule has 1 aliphatic rings. The first-order valence-electron chi connectivity index (χ1n) is 4.30. The molecule has 1 heterocycles. The standard InChI is InChI=1S/C10H11NO3/c1-13-7-3-4-8(14-2)10-9(7)6(12)5-11-10/h3-4,11H,5H2,1-2H3. The number of benzene rings is 1. The zero-order chi connectivity index (χ0) is 10.1. The highest BCUT2D eigenvalue weighted by molar-refractivity contribution is 6.11. The third-order valence-electron chi connectivity index (χ3n) is 2.27. The topological polar surface area (TPSA) is 47.6 Å². The summed E-state index contributed by atoms with van der Waals surface area (Å²) in [6.07, 6.45) is 0. The van der Waals surface area contributed by atoms with Crippen molar-refractivity contribution in [3.8, 4) is 11.5 Å². The average molecular weight is 193 g/mol. The number of nitrogens with one attached hydrogen (secondary N) is 1. The van der Waals surface area contributed by atoms with Gasteiger partial charge in [0.25, 0.3) is 0 Å². The average Bonchev–Trinajstić information content (AvgIpc) is 2.60. The van der Waals surface area contributed by atoms with E-state index in [4.69, 9.17) is 9.47 Å². The van der Waals surface area contributed by atoms with Crippen molar-refractivity contribution in [2.75, 3.05) is 26.1 Å². The van der Waals surface area contributed by atoms with Crippen LogP contribution in [0.3, 0.4) is 0 Å². The summed E-state index contributed by atoms with van der Waals surface area (Å²) in [5.74, 6) is 1.30. The Morgan fingerprint density at radius 1 is 1.21 bits per heavy atom. The Bertz CT molecular complexity index is 387. The molecule has 1 N–H and O–H groups in total. The van der Waals surface area contributed by atoms with E-state index in [0.29, 0.717) is 23.6 Å². The van der Waals surface area contributed by atoms with Gasteiger partial charge in [-0.25, -0.2) is 0 Å². The molecule has 4 heteroatoms. The van der Waals surface area contributed by atoms with Gasteiger partial charge in [0.05, 0.1) is 32.0 Å². The van der Waals surface area contributed by atoms with Gasteiger partial charge in [-0.1, -0.05) is 0 Å². The molecule has 1 aromatic rings. The number of Topliss-reactive ketones (excluding diaryl/α,β-unsaturated/α-hetero) is 1. The molecule has 0 atom stereocenters. The van der Waals surface area contributed by atoms with Crippen molar-refractivity contribution in [1.29, 1.82) is 0 Å². The number of rotatable bonds is 2. The Balaban J connectivity index is 2.62. The molecule has 2 rings (SSSR count). The fraction of sp³-hybridized carbons (Fsp3) is 0.300. The van der Waals surface area contributed by atoms with Crippen LogP contribution in [0.4, 0.5) is 5.69 Å². The second-order valence-corrected chi connectivity index (χ2v) is 3.00. The first kappa shape index (κ1) is 8.87. The van der Waals surface area contributed by atoms with Gasteiger partial charge in [0, 0.05) is 0 Å². The molecule has 1 aromatic carbocycles. The number of anilines is 1. The van der Waals surface area contributed by atoms with Crippen LogP contribution in [-0.4, -0.2) is 26.5 Å². The molecular weight excluding hydrogens is 182 g/mol. The minimum absolute atomic E-state index is 0.0377. The normalized spacial score (nSPS) is 13.4. The van der Waals surface area contributed by atoms with E-state index in [1.165, 1.54) is 0 Å². The number of hydrogen-bond donors (Lipinski definition) is 1. The second-order valence-electron chi connectivity index (χ2n) is 3.00. The van der Waals surface area contributed by atoms with Crippen molar-refractivity contribution in [2.45, 2.75) is 0 Å². The number of ketones is 1. The van der Waals surface area contributed by atoms with Crippen LogP contribution in [0.5, 0.6) is 11.5 Å². The van der Waals surface area contributed by atoms with E-state index in [9.17, 15) is 4.79 Å². The first-order valence-corrected chi connectivity index (χ1v) is 4.30. The van der Waals surface area contributed by atoms with Crippen molar-refractivity contribution in [1.82, 2.24) is 0 Å².